The fourth-order valence-corrected chi connectivity index (χ4v) is 17.9. The Morgan fingerprint density at radius 1 is 0.224 bits per heavy atom. The molecule has 4 aliphatic rings. The van der Waals surface area contributed by atoms with E-state index in [0.717, 1.165) is 78.6 Å². The highest BCUT2D eigenvalue weighted by molar-refractivity contribution is 6.10. The quantitative estimate of drug-likeness (QED) is 0.152. The highest BCUT2D eigenvalue weighted by atomic mass is 15.1. The third-order valence-corrected chi connectivity index (χ3v) is 21.8. The number of nitrogens with zero attached hydrogens (tertiary/aromatic N) is 4. The van der Waals surface area contributed by atoms with Crippen molar-refractivity contribution in [2.24, 2.45) is 0 Å². The first-order valence-electron chi connectivity index (χ1n) is 34.0. The second kappa shape index (κ2) is 20.9. The zero-order valence-corrected chi connectivity index (χ0v) is 53.3. The molecule has 2 aromatic heterocycles. The molecule has 0 bridgehead atoms. The minimum absolute atomic E-state index is 0.520. The second-order valence-corrected chi connectivity index (χ2v) is 26.5. The van der Waals surface area contributed by atoms with Gasteiger partial charge in [-0.25, -0.2) is 9.97 Å². The predicted molar refractivity (Wildman–Crippen MR) is 403 cm³/mol. The molecule has 0 N–H and O–H groups in total. The third-order valence-electron chi connectivity index (χ3n) is 21.8. The number of fused-ring (bicyclic) bond motifs is 24. The lowest BCUT2D eigenvalue weighted by Crippen LogP contribution is -2.25. The molecule has 0 aliphatic heterocycles. The van der Waals surface area contributed by atoms with E-state index in [9.17, 15) is 0 Å². The van der Waals surface area contributed by atoms with Crippen molar-refractivity contribution < 1.29 is 0 Å². The third kappa shape index (κ3) is 7.49. The normalized spacial score (nSPS) is 13.5. The highest BCUT2D eigenvalue weighted by Crippen LogP contribution is 2.65. The van der Waals surface area contributed by atoms with Gasteiger partial charge < -0.3 is 9.47 Å². The Hall–Kier alpha value is -12.8. The molecule has 0 atom stereocenters. The number of hydrogen-bond donors (Lipinski definition) is 0. The van der Waals surface area contributed by atoms with Gasteiger partial charge in [0.05, 0.1) is 44.3 Å². The van der Waals surface area contributed by atoms with E-state index in [4.69, 9.17) is 9.97 Å². The summed E-state index contributed by atoms with van der Waals surface area (Å²) in [4.78, 5) is 14.5. The molecule has 0 fully saturated rings. The lowest BCUT2D eigenvalue weighted by Gasteiger charge is -2.31. The van der Waals surface area contributed by atoms with Gasteiger partial charge in [0, 0.05) is 55.8 Å². The fraction of sp³-hybridized carbons (Fsp3) is 0.0213. The molecule has 21 rings (SSSR count). The molecule has 0 amide bonds. The fourth-order valence-electron chi connectivity index (χ4n) is 17.9. The van der Waals surface area contributed by atoms with Crippen LogP contribution in [0.3, 0.4) is 0 Å². The molecule has 4 aliphatic carbocycles. The summed E-state index contributed by atoms with van der Waals surface area (Å²) in [6.07, 6.45) is 0. The van der Waals surface area contributed by atoms with Crippen LogP contribution in [0.4, 0.5) is 17.1 Å². The molecule has 4 heteroatoms. The van der Waals surface area contributed by atoms with Crippen LogP contribution < -0.4 is 4.90 Å². The van der Waals surface area contributed by atoms with E-state index >= 15 is 0 Å². The van der Waals surface area contributed by atoms with Crippen LogP contribution in [-0.4, -0.2) is 14.5 Å². The molecule has 0 saturated heterocycles. The molecule has 0 unspecified atom stereocenters. The summed E-state index contributed by atoms with van der Waals surface area (Å²) >= 11 is 0. The van der Waals surface area contributed by atoms with E-state index in [-0.39, 0.29) is 0 Å². The van der Waals surface area contributed by atoms with Crippen molar-refractivity contribution in [2.45, 2.75) is 10.8 Å². The van der Waals surface area contributed by atoms with Crippen LogP contribution in [0.25, 0.3) is 128 Å². The van der Waals surface area contributed by atoms with Crippen molar-refractivity contribution >= 4 is 49.9 Å². The molecule has 4 nitrogen and oxygen atoms in total. The summed E-state index contributed by atoms with van der Waals surface area (Å²) in [6, 6.07) is 130. The molecular formula is C94H58N4. The predicted octanol–water partition coefficient (Wildman–Crippen LogP) is 23.6. The second-order valence-electron chi connectivity index (χ2n) is 26.5. The van der Waals surface area contributed by atoms with Gasteiger partial charge in [-0.05, 0) is 173 Å². The van der Waals surface area contributed by atoms with E-state index in [1.807, 2.05) is 0 Å². The zero-order chi connectivity index (χ0) is 64.2. The van der Waals surface area contributed by atoms with Gasteiger partial charge in [0.15, 0.2) is 0 Å². The standard InChI is InChI=1S/C94H58N4/c1-3-23-59(24-4-1)89-90(60-43-47-64(48-44-60)97(63-25-5-2-6-26-63)65-49-51-66(52-50-65)98-87-41-21-13-33-77(87)78-34-14-22-42-88(78)98)96-92-68(62-46-54-76-74-32-12-20-40-84(74)94(86(76)58-62)81-37-17-9-29-71(81)72-30-10-18-38-82(72)94)56-55-67(91(92)95-89)61-45-53-75-73-31-11-19-39-83(73)93(85(75)57-61)79-35-15-7-27-69(79)70-28-8-16-36-80(70)93/h1-58H. The van der Waals surface area contributed by atoms with Gasteiger partial charge in [-0.2, -0.15) is 0 Å². The maximum Gasteiger partial charge on any atom is 0.0979 e. The average molecular weight is 1240 g/mol. The van der Waals surface area contributed by atoms with Gasteiger partial charge in [0.2, 0.25) is 0 Å². The number of aromatic nitrogens is 3. The Kier molecular flexibility index (Phi) is 11.6. The van der Waals surface area contributed by atoms with Gasteiger partial charge in [-0.1, -0.05) is 279 Å². The molecule has 17 aromatic rings. The van der Waals surface area contributed by atoms with Crippen molar-refractivity contribution in [1.29, 1.82) is 0 Å². The van der Waals surface area contributed by atoms with Crippen LogP contribution in [0.5, 0.6) is 0 Å². The minimum atomic E-state index is -0.526. The SMILES string of the molecule is c1ccc(-c2nc3c(-c4ccc5c(c4)C4(c6ccccc6-c6ccccc64)c4ccccc4-5)ccc(-c4ccc5c(c4)C4(c6ccccc6-c6ccccc64)c4ccccc4-5)c3nc2-c2ccc(N(c3ccccc3)c3ccc(-n4c5ccccc5c5ccccc54)cc3)cc2)cc1. The maximum absolute atomic E-state index is 6.10. The van der Waals surface area contributed by atoms with Crippen LogP contribution in [0.1, 0.15) is 44.5 Å². The summed E-state index contributed by atoms with van der Waals surface area (Å²) in [5.74, 6) is 0. The van der Waals surface area contributed by atoms with Crippen LogP contribution >= 0.6 is 0 Å². The lowest BCUT2D eigenvalue weighted by molar-refractivity contribution is 0.794. The average Bonchev–Trinajstić information content (AvgIpc) is 1.52. The largest absolute Gasteiger partial charge is 0.311 e. The van der Waals surface area contributed by atoms with Crippen LogP contribution in [0.15, 0.2) is 352 Å². The Balaban J connectivity index is 0.775. The summed E-state index contributed by atoms with van der Waals surface area (Å²) in [6.45, 7) is 0. The maximum atomic E-state index is 6.10. The molecule has 0 radical (unpaired) electrons. The first-order chi connectivity index (χ1) is 48.6. The van der Waals surface area contributed by atoms with Gasteiger partial charge in [0.25, 0.3) is 0 Å². The summed E-state index contributed by atoms with van der Waals surface area (Å²) in [7, 11) is 0. The highest BCUT2D eigenvalue weighted by Gasteiger charge is 2.53. The van der Waals surface area contributed by atoms with Gasteiger partial charge in [0.1, 0.15) is 0 Å². The molecular weight excluding hydrogens is 1190 g/mol. The Morgan fingerprint density at radius 2 is 0.520 bits per heavy atom. The minimum Gasteiger partial charge on any atom is -0.311 e. The summed E-state index contributed by atoms with van der Waals surface area (Å²) < 4.78 is 2.38. The van der Waals surface area contributed by atoms with E-state index in [0.29, 0.717) is 0 Å². The van der Waals surface area contributed by atoms with E-state index < -0.39 is 10.8 Å². The van der Waals surface area contributed by atoms with Crippen LogP contribution in [0.2, 0.25) is 0 Å². The monoisotopic (exact) mass is 1240 g/mol. The van der Waals surface area contributed by atoms with E-state index in [1.165, 1.54) is 111 Å². The molecule has 454 valence electrons. The van der Waals surface area contributed by atoms with E-state index in [1.54, 1.807) is 0 Å². The van der Waals surface area contributed by atoms with Crippen LogP contribution in [-0.2, 0) is 10.8 Å². The Labute approximate surface area is 568 Å². The number of para-hydroxylation sites is 3. The van der Waals surface area contributed by atoms with Crippen molar-refractivity contribution in [3.05, 3.63) is 396 Å². The molecule has 2 heterocycles. The Bertz CT molecular complexity index is 6000. The number of hydrogen-bond acceptors (Lipinski definition) is 3. The first-order valence-corrected chi connectivity index (χ1v) is 34.0. The zero-order valence-electron chi connectivity index (χ0n) is 53.3. The first kappa shape index (κ1) is 54.6. The summed E-state index contributed by atoms with van der Waals surface area (Å²) in [5, 5.41) is 2.49. The smallest absolute Gasteiger partial charge is 0.0979 e. The lowest BCUT2D eigenvalue weighted by atomic mass is 9.70. The number of benzene rings is 15. The van der Waals surface area contributed by atoms with Crippen molar-refractivity contribution in [3.63, 3.8) is 0 Å². The van der Waals surface area contributed by atoms with Crippen LogP contribution in [0, 0.1) is 0 Å². The van der Waals surface area contributed by atoms with Crippen molar-refractivity contribution in [1.82, 2.24) is 14.5 Å². The number of rotatable bonds is 8. The van der Waals surface area contributed by atoms with Gasteiger partial charge in [-0.3, -0.25) is 0 Å². The molecule has 98 heavy (non-hydrogen) atoms. The summed E-state index contributed by atoms with van der Waals surface area (Å²) in [5.41, 5.74) is 35.7. The van der Waals surface area contributed by atoms with Gasteiger partial charge in [-0.15, -0.1) is 0 Å². The van der Waals surface area contributed by atoms with Crippen molar-refractivity contribution in [3.8, 4) is 95.0 Å². The molecule has 0 saturated carbocycles. The number of anilines is 3. The Morgan fingerprint density at radius 3 is 0.929 bits per heavy atom. The van der Waals surface area contributed by atoms with Gasteiger partial charge >= 0.3 is 0 Å². The van der Waals surface area contributed by atoms with E-state index in [2.05, 4.69) is 361 Å². The topological polar surface area (TPSA) is 34.0 Å². The molecule has 15 aromatic carbocycles. The van der Waals surface area contributed by atoms with Crippen molar-refractivity contribution in [2.75, 3.05) is 4.90 Å². The molecule has 2 spiro atoms.